The molecule has 0 fully saturated rings. The van der Waals surface area contributed by atoms with E-state index >= 15 is 0 Å². The first kappa shape index (κ1) is 14.2. The minimum Gasteiger partial charge on any atom is -0.497 e. The molecule has 0 saturated carbocycles. The molecule has 1 aromatic carbocycles. The van der Waals surface area contributed by atoms with E-state index in [1.807, 2.05) is 49.0 Å². The summed E-state index contributed by atoms with van der Waals surface area (Å²) in [5.41, 5.74) is 2.68. The van der Waals surface area contributed by atoms with Gasteiger partial charge < -0.3 is 19.4 Å². The SMILES string of the molecule is COc1ccc(Nc2nc(C)nc3ccn(C)c23)c(OC)c1. The first-order chi connectivity index (χ1) is 10.6. The van der Waals surface area contributed by atoms with Gasteiger partial charge in [0.1, 0.15) is 22.8 Å². The van der Waals surface area contributed by atoms with E-state index in [-0.39, 0.29) is 0 Å². The van der Waals surface area contributed by atoms with Crippen molar-refractivity contribution in [1.29, 1.82) is 0 Å². The zero-order valence-electron chi connectivity index (χ0n) is 13.0. The van der Waals surface area contributed by atoms with Crippen LogP contribution in [0.2, 0.25) is 0 Å². The normalized spacial score (nSPS) is 10.7. The average molecular weight is 298 g/mol. The summed E-state index contributed by atoms with van der Waals surface area (Å²) < 4.78 is 12.6. The summed E-state index contributed by atoms with van der Waals surface area (Å²) in [6.45, 7) is 1.88. The number of benzene rings is 1. The second kappa shape index (κ2) is 5.55. The quantitative estimate of drug-likeness (QED) is 0.802. The molecule has 1 N–H and O–H groups in total. The Morgan fingerprint density at radius 3 is 2.64 bits per heavy atom. The summed E-state index contributed by atoms with van der Waals surface area (Å²) >= 11 is 0. The van der Waals surface area contributed by atoms with E-state index in [2.05, 4.69) is 15.3 Å². The van der Waals surface area contributed by atoms with Crippen molar-refractivity contribution in [3.05, 3.63) is 36.3 Å². The van der Waals surface area contributed by atoms with E-state index in [1.165, 1.54) is 0 Å². The van der Waals surface area contributed by atoms with E-state index in [0.717, 1.165) is 28.3 Å². The van der Waals surface area contributed by atoms with E-state index < -0.39 is 0 Å². The fraction of sp³-hybridized carbons (Fsp3) is 0.250. The number of fused-ring (bicyclic) bond motifs is 1. The minimum atomic E-state index is 0.693. The Labute approximate surface area is 128 Å². The molecule has 0 bridgehead atoms. The van der Waals surface area contributed by atoms with Crippen molar-refractivity contribution in [2.24, 2.45) is 7.05 Å². The maximum Gasteiger partial charge on any atom is 0.158 e. The van der Waals surface area contributed by atoms with Crippen LogP contribution < -0.4 is 14.8 Å². The van der Waals surface area contributed by atoms with Gasteiger partial charge in [0, 0.05) is 19.3 Å². The Balaban J connectivity index is 2.08. The molecule has 0 radical (unpaired) electrons. The number of rotatable bonds is 4. The minimum absolute atomic E-state index is 0.693. The highest BCUT2D eigenvalue weighted by Gasteiger charge is 2.12. The van der Waals surface area contributed by atoms with Gasteiger partial charge in [-0.15, -0.1) is 0 Å². The van der Waals surface area contributed by atoms with Gasteiger partial charge in [-0.1, -0.05) is 0 Å². The van der Waals surface area contributed by atoms with Crippen LogP contribution in [0.3, 0.4) is 0 Å². The number of ether oxygens (including phenoxy) is 2. The molecule has 6 heteroatoms. The first-order valence-electron chi connectivity index (χ1n) is 6.91. The number of aryl methyl sites for hydroxylation is 2. The predicted molar refractivity (Wildman–Crippen MR) is 86.1 cm³/mol. The summed E-state index contributed by atoms with van der Waals surface area (Å²) in [6.07, 6.45) is 1.97. The van der Waals surface area contributed by atoms with E-state index in [1.54, 1.807) is 14.2 Å². The smallest absolute Gasteiger partial charge is 0.158 e. The van der Waals surface area contributed by atoms with Gasteiger partial charge in [0.15, 0.2) is 5.82 Å². The molecule has 0 spiro atoms. The molecular weight excluding hydrogens is 280 g/mol. The van der Waals surface area contributed by atoms with Gasteiger partial charge in [-0.25, -0.2) is 9.97 Å². The van der Waals surface area contributed by atoms with Crippen molar-refractivity contribution in [3.8, 4) is 11.5 Å². The largest absolute Gasteiger partial charge is 0.497 e. The molecule has 114 valence electrons. The first-order valence-corrected chi connectivity index (χ1v) is 6.91. The molecule has 0 amide bonds. The molecule has 0 saturated heterocycles. The van der Waals surface area contributed by atoms with Gasteiger partial charge in [0.05, 0.1) is 25.4 Å². The molecule has 0 aliphatic rings. The van der Waals surface area contributed by atoms with Crippen molar-refractivity contribution >= 4 is 22.5 Å². The van der Waals surface area contributed by atoms with Crippen molar-refractivity contribution in [3.63, 3.8) is 0 Å². The van der Waals surface area contributed by atoms with Crippen LogP contribution in [-0.2, 0) is 7.05 Å². The second-order valence-corrected chi connectivity index (χ2v) is 4.97. The molecular formula is C16H18N4O2. The number of hydrogen-bond donors (Lipinski definition) is 1. The van der Waals surface area contributed by atoms with Gasteiger partial charge in [0.2, 0.25) is 0 Å². The van der Waals surface area contributed by atoms with Crippen LogP contribution in [0.4, 0.5) is 11.5 Å². The predicted octanol–water partition coefficient (Wildman–Crippen LogP) is 3.04. The molecule has 6 nitrogen and oxygen atoms in total. The molecule has 3 rings (SSSR count). The van der Waals surface area contributed by atoms with E-state index in [0.29, 0.717) is 11.6 Å². The fourth-order valence-corrected chi connectivity index (χ4v) is 2.43. The maximum absolute atomic E-state index is 5.42. The van der Waals surface area contributed by atoms with Gasteiger partial charge in [-0.05, 0) is 25.1 Å². The number of aromatic nitrogens is 3. The highest BCUT2D eigenvalue weighted by Crippen LogP contribution is 2.33. The number of methoxy groups -OCH3 is 2. The molecule has 2 heterocycles. The summed E-state index contributed by atoms with van der Waals surface area (Å²) in [5.74, 6) is 2.90. The molecule has 2 aromatic heterocycles. The third-order valence-corrected chi connectivity index (χ3v) is 3.49. The average Bonchev–Trinajstić information content (AvgIpc) is 2.88. The summed E-state index contributed by atoms with van der Waals surface area (Å²) in [7, 11) is 5.23. The van der Waals surface area contributed by atoms with Crippen LogP contribution in [0.15, 0.2) is 30.5 Å². The van der Waals surface area contributed by atoms with Crippen LogP contribution in [0.1, 0.15) is 5.82 Å². The van der Waals surface area contributed by atoms with Crippen LogP contribution in [-0.4, -0.2) is 28.8 Å². The van der Waals surface area contributed by atoms with Gasteiger partial charge in [-0.2, -0.15) is 0 Å². The molecule has 0 atom stereocenters. The summed E-state index contributed by atoms with van der Waals surface area (Å²) in [6, 6.07) is 7.59. The highest BCUT2D eigenvalue weighted by molar-refractivity contribution is 5.89. The van der Waals surface area contributed by atoms with Crippen LogP contribution >= 0.6 is 0 Å². The van der Waals surface area contributed by atoms with Crippen LogP contribution in [0.5, 0.6) is 11.5 Å². The fourth-order valence-electron chi connectivity index (χ4n) is 2.43. The molecule has 0 aliphatic carbocycles. The Hall–Kier alpha value is -2.76. The monoisotopic (exact) mass is 298 g/mol. The lowest BCUT2D eigenvalue weighted by atomic mass is 10.2. The van der Waals surface area contributed by atoms with E-state index in [9.17, 15) is 0 Å². The molecule has 22 heavy (non-hydrogen) atoms. The van der Waals surface area contributed by atoms with Crippen LogP contribution in [0, 0.1) is 6.92 Å². The number of nitrogens with one attached hydrogen (secondary N) is 1. The summed E-state index contributed by atoms with van der Waals surface area (Å²) in [5, 5.41) is 3.33. The Bertz CT molecular complexity index is 826. The van der Waals surface area contributed by atoms with Crippen molar-refractivity contribution in [2.45, 2.75) is 6.92 Å². The lowest BCUT2D eigenvalue weighted by molar-refractivity contribution is 0.395. The van der Waals surface area contributed by atoms with E-state index in [4.69, 9.17) is 9.47 Å². The third kappa shape index (κ3) is 2.43. The number of hydrogen-bond acceptors (Lipinski definition) is 5. The third-order valence-electron chi connectivity index (χ3n) is 3.49. The van der Waals surface area contributed by atoms with Crippen molar-refractivity contribution in [2.75, 3.05) is 19.5 Å². The number of anilines is 2. The molecule has 3 aromatic rings. The number of nitrogens with zero attached hydrogens (tertiary/aromatic N) is 3. The Morgan fingerprint density at radius 2 is 1.91 bits per heavy atom. The topological polar surface area (TPSA) is 61.2 Å². The van der Waals surface area contributed by atoms with Crippen molar-refractivity contribution < 1.29 is 9.47 Å². The van der Waals surface area contributed by atoms with Gasteiger partial charge >= 0.3 is 0 Å². The lowest BCUT2D eigenvalue weighted by Gasteiger charge is -2.13. The summed E-state index contributed by atoms with van der Waals surface area (Å²) in [4.78, 5) is 8.96. The lowest BCUT2D eigenvalue weighted by Crippen LogP contribution is -2.02. The molecule has 0 unspecified atom stereocenters. The molecule has 0 aliphatic heterocycles. The zero-order chi connectivity index (χ0) is 15.7. The van der Waals surface area contributed by atoms with Crippen LogP contribution in [0.25, 0.3) is 11.0 Å². The Kier molecular flexibility index (Phi) is 3.58. The van der Waals surface area contributed by atoms with Gasteiger partial charge in [-0.3, -0.25) is 0 Å². The second-order valence-electron chi connectivity index (χ2n) is 4.97. The Morgan fingerprint density at radius 1 is 1.09 bits per heavy atom. The zero-order valence-corrected chi connectivity index (χ0v) is 13.0. The standard InChI is InChI=1S/C16H18N4O2/c1-10-17-13-7-8-20(2)15(13)16(18-10)19-12-6-5-11(21-3)9-14(12)22-4/h5-9H,1-4H3,(H,17,18,19). The van der Waals surface area contributed by atoms with Gasteiger partial charge in [0.25, 0.3) is 0 Å². The highest BCUT2D eigenvalue weighted by atomic mass is 16.5. The maximum atomic E-state index is 5.42. The van der Waals surface area contributed by atoms with Crippen molar-refractivity contribution in [1.82, 2.24) is 14.5 Å².